The summed E-state index contributed by atoms with van der Waals surface area (Å²) in [4.78, 5) is 20.1. The van der Waals surface area contributed by atoms with Crippen LogP contribution in [0.2, 0.25) is 0 Å². The molecule has 2 heterocycles. The van der Waals surface area contributed by atoms with Crippen molar-refractivity contribution >= 4 is 5.91 Å². The van der Waals surface area contributed by atoms with Crippen LogP contribution < -0.4 is 5.32 Å². The fourth-order valence-corrected chi connectivity index (χ4v) is 2.03. The summed E-state index contributed by atoms with van der Waals surface area (Å²) in [6.45, 7) is 6.23. The van der Waals surface area contributed by atoms with Crippen molar-refractivity contribution in [2.24, 2.45) is 0 Å². The van der Waals surface area contributed by atoms with Gasteiger partial charge in [0.05, 0.1) is 12.6 Å². The lowest BCUT2D eigenvalue weighted by atomic mass is 10.1. The fraction of sp³-hybridized carbons (Fsp3) is 0.429. The number of rotatable bonds is 5. The van der Waals surface area contributed by atoms with E-state index in [1.54, 1.807) is 17.1 Å². The van der Waals surface area contributed by atoms with E-state index in [4.69, 9.17) is 0 Å². The van der Waals surface area contributed by atoms with E-state index in [9.17, 15) is 4.79 Å². The third-order valence-electron chi connectivity index (χ3n) is 3.10. The molecule has 0 fully saturated rings. The van der Waals surface area contributed by atoms with E-state index >= 15 is 0 Å². The monoisotopic (exact) mass is 273 g/mol. The van der Waals surface area contributed by atoms with Crippen LogP contribution in [0, 0.1) is 13.8 Å². The maximum atomic E-state index is 11.9. The van der Waals surface area contributed by atoms with Crippen molar-refractivity contribution in [2.45, 2.75) is 39.8 Å². The van der Waals surface area contributed by atoms with Gasteiger partial charge in [0.25, 0.3) is 0 Å². The van der Waals surface area contributed by atoms with E-state index < -0.39 is 0 Å². The zero-order valence-corrected chi connectivity index (χ0v) is 12.0. The number of aromatic nitrogens is 4. The summed E-state index contributed by atoms with van der Waals surface area (Å²) < 4.78 is 1.76. The number of nitrogens with one attached hydrogen (secondary N) is 1. The van der Waals surface area contributed by atoms with Crippen molar-refractivity contribution < 1.29 is 4.79 Å². The van der Waals surface area contributed by atoms with Gasteiger partial charge in [-0.2, -0.15) is 5.10 Å². The van der Waals surface area contributed by atoms with Crippen LogP contribution >= 0.6 is 0 Å². The summed E-state index contributed by atoms with van der Waals surface area (Å²) in [5, 5.41) is 7.20. The maximum Gasteiger partial charge on any atom is 0.222 e. The van der Waals surface area contributed by atoms with E-state index in [1.807, 2.05) is 32.9 Å². The molecule has 20 heavy (non-hydrogen) atoms. The molecule has 106 valence electrons. The first-order valence-electron chi connectivity index (χ1n) is 6.63. The third kappa shape index (κ3) is 3.63. The summed E-state index contributed by atoms with van der Waals surface area (Å²) in [6, 6.07) is 3.77. The van der Waals surface area contributed by atoms with E-state index in [-0.39, 0.29) is 11.9 Å². The van der Waals surface area contributed by atoms with Gasteiger partial charge in [-0.1, -0.05) is 0 Å². The molecular formula is C14H19N5O. The van der Waals surface area contributed by atoms with Crippen molar-refractivity contribution in [3.05, 3.63) is 41.7 Å². The summed E-state index contributed by atoms with van der Waals surface area (Å²) in [7, 11) is 0. The lowest BCUT2D eigenvalue weighted by Gasteiger charge is -2.14. The molecule has 0 radical (unpaired) electrons. The number of hydrogen-bond acceptors (Lipinski definition) is 4. The molecule has 6 nitrogen and oxygen atoms in total. The Bertz CT molecular complexity index is 579. The van der Waals surface area contributed by atoms with Crippen LogP contribution in [0.5, 0.6) is 0 Å². The summed E-state index contributed by atoms with van der Waals surface area (Å²) >= 11 is 0. The SMILES string of the molecule is Cc1nc(C)n(CCC(=O)N[C@@H](C)c2ccncc2)n1. The molecule has 1 atom stereocenters. The van der Waals surface area contributed by atoms with Gasteiger partial charge in [0.1, 0.15) is 11.6 Å². The molecule has 0 saturated heterocycles. The second kappa shape index (κ2) is 6.27. The van der Waals surface area contributed by atoms with Crippen molar-refractivity contribution in [3.8, 4) is 0 Å². The molecule has 1 amide bonds. The highest BCUT2D eigenvalue weighted by Crippen LogP contribution is 2.10. The summed E-state index contributed by atoms with van der Waals surface area (Å²) in [5.41, 5.74) is 1.04. The molecule has 6 heteroatoms. The lowest BCUT2D eigenvalue weighted by molar-refractivity contribution is -0.122. The Morgan fingerprint density at radius 3 is 2.65 bits per heavy atom. The Kier molecular flexibility index (Phi) is 4.45. The lowest BCUT2D eigenvalue weighted by Crippen LogP contribution is -2.27. The van der Waals surface area contributed by atoms with Gasteiger partial charge < -0.3 is 5.32 Å². The van der Waals surface area contributed by atoms with Gasteiger partial charge in [0.2, 0.25) is 5.91 Å². The Balaban J connectivity index is 1.85. The predicted octanol–water partition coefficient (Wildman–Crippen LogP) is 1.56. The van der Waals surface area contributed by atoms with E-state index in [0.29, 0.717) is 13.0 Å². The number of pyridine rings is 1. The van der Waals surface area contributed by atoms with Gasteiger partial charge in [-0.05, 0) is 38.5 Å². The second-order valence-electron chi connectivity index (χ2n) is 4.75. The normalized spacial score (nSPS) is 12.2. The average molecular weight is 273 g/mol. The number of carbonyl (C=O) groups excluding carboxylic acids is 1. The van der Waals surface area contributed by atoms with Gasteiger partial charge in [-0.25, -0.2) is 9.67 Å². The van der Waals surface area contributed by atoms with Crippen LogP contribution in [0.1, 0.15) is 36.6 Å². The smallest absolute Gasteiger partial charge is 0.222 e. The molecule has 0 aromatic carbocycles. The summed E-state index contributed by atoms with van der Waals surface area (Å²) in [5.74, 6) is 1.56. The van der Waals surface area contributed by atoms with Crippen LogP contribution in [0.15, 0.2) is 24.5 Å². The number of amides is 1. The number of nitrogens with zero attached hydrogens (tertiary/aromatic N) is 4. The van der Waals surface area contributed by atoms with E-state index in [0.717, 1.165) is 17.2 Å². The van der Waals surface area contributed by atoms with Gasteiger partial charge >= 0.3 is 0 Å². The van der Waals surface area contributed by atoms with Crippen molar-refractivity contribution in [3.63, 3.8) is 0 Å². The molecule has 2 aromatic rings. The molecule has 2 rings (SSSR count). The van der Waals surface area contributed by atoms with Crippen LogP contribution in [-0.4, -0.2) is 25.7 Å². The van der Waals surface area contributed by atoms with Crippen LogP contribution in [0.25, 0.3) is 0 Å². The molecule has 0 spiro atoms. The number of carbonyl (C=O) groups is 1. The predicted molar refractivity (Wildman–Crippen MR) is 74.9 cm³/mol. The van der Waals surface area contributed by atoms with Gasteiger partial charge in [-0.15, -0.1) is 0 Å². The number of hydrogen-bond donors (Lipinski definition) is 1. The highest BCUT2D eigenvalue weighted by atomic mass is 16.1. The maximum absolute atomic E-state index is 11.9. The highest BCUT2D eigenvalue weighted by Gasteiger charge is 2.10. The minimum Gasteiger partial charge on any atom is -0.350 e. The Hall–Kier alpha value is -2.24. The van der Waals surface area contributed by atoms with Crippen molar-refractivity contribution in [2.75, 3.05) is 0 Å². The molecule has 0 unspecified atom stereocenters. The highest BCUT2D eigenvalue weighted by molar-refractivity contribution is 5.76. The van der Waals surface area contributed by atoms with Crippen LogP contribution in [0.3, 0.4) is 0 Å². The van der Waals surface area contributed by atoms with E-state index in [1.165, 1.54) is 0 Å². The molecule has 0 bridgehead atoms. The Morgan fingerprint density at radius 2 is 2.05 bits per heavy atom. The largest absolute Gasteiger partial charge is 0.350 e. The first kappa shape index (κ1) is 14.2. The molecule has 0 aliphatic rings. The minimum absolute atomic E-state index is 0.00173. The van der Waals surface area contributed by atoms with Crippen molar-refractivity contribution in [1.82, 2.24) is 25.1 Å². The topological polar surface area (TPSA) is 72.7 Å². The minimum atomic E-state index is -0.0240. The zero-order valence-electron chi connectivity index (χ0n) is 12.0. The Morgan fingerprint density at radius 1 is 1.35 bits per heavy atom. The van der Waals surface area contributed by atoms with Gasteiger partial charge in [0, 0.05) is 18.8 Å². The standard InChI is InChI=1S/C14H19N5O/c1-10(13-4-7-15-8-5-13)16-14(20)6-9-19-12(3)17-11(2)18-19/h4-5,7-8,10H,6,9H2,1-3H3,(H,16,20)/t10-/m0/s1. The Labute approximate surface area is 118 Å². The fourth-order valence-electron chi connectivity index (χ4n) is 2.03. The zero-order chi connectivity index (χ0) is 14.5. The molecule has 0 aliphatic heterocycles. The first-order chi connectivity index (χ1) is 9.56. The first-order valence-corrected chi connectivity index (χ1v) is 6.63. The number of aryl methyl sites for hydroxylation is 3. The molecule has 0 aliphatic carbocycles. The van der Waals surface area contributed by atoms with Crippen molar-refractivity contribution in [1.29, 1.82) is 0 Å². The van der Waals surface area contributed by atoms with Crippen LogP contribution in [0.4, 0.5) is 0 Å². The molecule has 1 N–H and O–H groups in total. The third-order valence-corrected chi connectivity index (χ3v) is 3.10. The average Bonchev–Trinajstić information content (AvgIpc) is 2.75. The quantitative estimate of drug-likeness (QED) is 0.897. The summed E-state index contributed by atoms with van der Waals surface area (Å²) in [6.07, 6.45) is 3.83. The van der Waals surface area contributed by atoms with Gasteiger partial charge in [0.15, 0.2) is 0 Å². The molecule has 0 saturated carbocycles. The second-order valence-corrected chi connectivity index (χ2v) is 4.75. The van der Waals surface area contributed by atoms with Crippen LogP contribution in [-0.2, 0) is 11.3 Å². The molecule has 2 aromatic heterocycles. The molecular weight excluding hydrogens is 254 g/mol. The van der Waals surface area contributed by atoms with E-state index in [2.05, 4.69) is 20.4 Å². The van der Waals surface area contributed by atoms with Gasteiger partial charge in [-0.3, -0.25) is 9.78 Å².